The Morgan fingerprint density at radius 1 is 1.13 bits per heavy atom. The summed E-state index contributed by atoms with van der Waals surface area (Å²) in [5.41, 5.74) is 3.33. The average Bonchev–Trinajstić information content (AvgIpc) is 3.65. The third-order valence-electron chi connectivity index (χ3n) is 8.88. The summed E-state index contributed by atoms with van der Waals surface area (Å²) >= 11 is 0. The van der Waals surface area contributed by atoms with Crippen LogP contribution in [0.3, 0.4) is 0 Å². The van der Waals surface area contributed by atoms with Crippen molar-refractivity contribution in [3.05, 3.63) is 53.3 Å². The van der Waals surface area contributed by atoms with E-state index in [1.807, 2.05) is 11.6 Å². The van der Waals surface area contributed by atoms with Crippen LogP contribution in [0.4, 0.5) is 5.69 Å². The second-order valence-electron chi connectivity index (χ2n) is 11.1. The fraction of sp³-hybridized carbons (Fsp3) is 0.467. The third-order valence-corrected chi connectivity index (χ3v) is 8.88. The van der Waals surface area contributed by atoms with Crippen LogP contribution in [0, 0.1) is 29.1 Å². The highest BCUT2D eigenvalue weighted by molar-refractivity contribution is 6.07. The molecule has 0 spiro atoms. The van der Waals surface area contributed by atoms with Gasteiger partial charge in [0, 0.05) is 37.8 Å². The minimum absolute atomic E-state index is 0.216. The van der Waals surface area contributed by atoms with Gasteiger partial charge in [0.2, 0.25) is 5.91 Å². The fourth-order valence-corrected chi connectivity index (χ4v) is 7.17. The Morgan fingerprint density at radius 2 is 1.87 bits per heavy atom. The Balaban J connectivity index is 1.32. The van der Waals surface area contributed by atoms with E-state index in [0.717, 1.165) is 49.8 Å². The first kappa shape index (κ1) is 24.5. The van der Waals surface area contributed by atoms with E-state index >= 15 is 0 Å². The van der Waals surface area contributed by atoms with Crippen molar-refractivity contribution < 1.29 is 14.3 Å². The number of benzene rings is 1. The predicted molar refractivity (Wildman–Crippen MR) is 144 cm³/mol. The lowest BCUT2D eigenvalue weighted by Gasteiger charge is -2.39. The Morgan fingerprint density at radius 3 is 2.55 bits per heavy atom. The van der Waals surface area contributed by atoms with Gasteiger partial charge < -0.3 is 19.5 Å². The van der Waals surface area contributed by atoms with Crippen LogP contribution < -0.4 is 10.1 Å². The number of nitrogens with one attached hydrogen (secondary N) is 1. The molecule has 3 heterocycles. The molecule has 2 amide bonds. The number of hydrogen-bond donors (Lipinski definition) is 1. The molecular formula is C30H33N5O3. The first-order chi connectivity index (χ1) is 18.5. The van der Waals surface area contributed by atoms with Crippen molar-refractivity contribution in [3.8, 4) is 11.8 Å². The van der Waals surface area contributed by atoms with Crippen LogP contribution in [-0.4, -0.2) is 46.5 Å². The van der Waals surface area contributed by atoms with E-state index in [1.165, 1.54) is 18.4 Å². The number of rotatable bonds is 5. The molecular weight excluding hydrogens is 478 g/mol. The molecule has 3 aromatic rings. The topological polar surface area (TPSA) is 100 Å². The van der Waals surface area contributed by atoms with Crippen LogP contribution in [0.25, 0.3) is 11.0 Å². The molecule has 1 N–H and O–H groups in total. The number of carbonyl (C=O) groups is 2. The Kier molecular flexibility index (Phi) is 6.30. The second-order valence-corrected chi connectivity index (χ2v) is 11.1. The summed E-state index contributed by atoms with van der Waals surface area (Å²) in [6, 6.07) is 8.69. The van der Waals surface area contributed by atoms with Crippen LogP contribution in [0.1, 0.15) is 65.9 Å². The number of anilines is 1. The van der Waals surface area contributed by atoms with Crippen molar-refractivity contribution in [2.24, 2.45) is 24.8 Å². The third kappa shape index (κ3) is 4.10. The van der Waals surface area contributed by atoms with E-state index in [2.05, 4.69) is 22.5 Å². The van der Waals surface area contributed by atoms with Crippen LogP contribution >= 0.6 is 0 Å². The van der Waals surface area contributed by atoms with E-state index in [4.69, 9.17) is 9.72 Å². The van der Waals surface area contributed by atoms with Gasteiger partial charge in [-0.1, -0.05) is 18.9 Å². The number of ether oxygens (including phenoxy) is 1. The number of likely N-dealkylation sites (tertiary alicyclic amines) is 1. The molecule has 38 heavy (non-hydrogen) atoms. The maximum atomic E-state index is 13.2. The maximum Gasteiger partial charge on any atom is 0.255 e. The molecule has 6 rings (SSSR count). The Hall–Kier alpha value is -3.86. The summed E-state index contributed by atoms with van der Waals surface area (Å²) < 4.78 is 7.95. The van der Waals surface area contributed by atoms with Crippen LogP contribution in [-0.2, 0) is 11.8 Å². The van der Waals surface area contributed by atoms with E-state index in [9.17, 15) is 14.9 Å². The van der Waals surface area contributed by atoms with E-state index in [1.54, 1.807) is 37.6 Å². The molecule has 1 saturated heterocycles. The number of amides is 2. The van der Waals surface area contributed by atoms with Gasteiger partial charge in [0.15, 0.2) is 5.75 Å². The molecule has 2 aromatic heterocycles. The molecule has 3 aliphatic rings. The molecule has 8 nitrogen and oxygen atoms in total. The fourth-order valence-electron chi connectivity index (χ4n) is 7.17. The van der Waals surface area contributed by atoms with Gasteiger partial charge >= 0.3 is 0 Å². The number of methoxy groups -OCH3 is 1. The van der Waals surface area contributed by atoms with E-state index < -0.39 is 0 Å². The summed E-state index contributed by atoms with van der Waals surface area (Å²) in [6.07, 6.45) is 10.4. The summed E-state index contributed by atoms with van der Waals surface area (Å²) in [4.78, 5) is 33.1. The number of pyridine rings is 1. The SMILES string of the molecule is COc1c(NC(=O)c2cccc(C#N)c2)cnc2c1c(C1C3CC[C@H]1CN(C(=O)C1CCCC1)C3)cn2C. The minimum Gasteiger partial charge on any atom is -0.494 e. The number of aryl methyl sites for hydroxylation is 1. The second kappa shape index (κ2) is 9.79. The molecule has 3 atom stereocenters. The predicted octanol–water partition coefficient (Wildman–Crippen LogP) is 4.85. The summed E-state index contributed by atoms with van der Waals surface area (Å²) in [6.45, 7) is 1.63. The first-order valence-electron chi connectivity index (χ1n) is 13.6. The molecule has 3 fully saturated rings. The van der Waals surface area contributed by atoms with E-state index in [0.29, 0.717) is 46.2 Å². The van der Waals surface area contributed by atoms with Gasteiger partial charge in [0.05, 0.1) is 30.3 Å². The smallest absolute Gasteiger partial charge is 0.255 e. The molecule has 1 aromatic carbocycles. The number of piperidine rings is 1. The lowest BCUT2D eigenvalue weighted by Crippen LogP contribution is -2.46. The number of hydrogen-bond acceptors (Lipinski definition) is 5. The molecule has 2 aliphatic carbocycles. The number of aromatic nitrogens is 2. The highest BCUT2D eigenvalue weighted by Crippen LogP contribution is 2.52. The molecule has 196 valence electrons. The number of nitriles is 1. The zero-order valence-electron chi connectivity index (χ0n) is 21.9. The van der Waals surface area contributed by atoms with Crippen molar-refractivity contribution in [1.82, 2.24) is 14.5 Å². The standard InChI is InChI=1S/C30H33N5O3/c1-34-17-23(25-21-10-11-22(25)16-35(15-21)30(37)19-7-3-4-8-19)26-27(38-2)24(14-32-28(26)34)33-29(36)20-9-5-6-18(12-20)13-31/h5-6,9,12,14,17,19,21-22,25H,3-4,7-8,10-11,15-16H2,1-2H3,(H,33,36)/t21-,22?,25?/m0/s1. The maximum absolute atomic E-state index is 13.2. The monoisotopic (exact) mass is 511 g/mol. The van der Waals surface area contributed by atoms with Crippen LogP contribution in [0.5, 0.6) is 5.75 Å². The highest BCUT2D eigenvalue weighted by atomic mass is 16.5. The van der Waals surface area contributed by atoms with Gasteiger partial charge in [0.1, 0.15) is 11.3 Å². The minimum atomic E-state index is -0.321. The van der Waals surface area contributed by atoms with Crippen molar-refractivity contribution in [2.45, 2.75) is 44.4 Å². The molecule has 0 radical (unpaired) electrons. The van der Waals surface area contributed by atoms with Gasteiger partial charge in [-0.2, -0.15) is 5.26 Å². The largest absolute Gasteiger partial charge is 0.494 e. The zero-order valence-corrected chi connectivity index (χ0v) is 21.9. The molecule has 2 saturated carbocycles. The van der Waals surface area contributed by atoms with Gasteiger partial charge in [-0.05, 0) is 67.2 Å². The average molecular weight is 512 g/mol. The summed E-state index contributed by atoms with van der Waals surface area (Å²) in [7, 11) is 3.61. The highest BCUT2D eigenvalue weighted by Gasteiger charge is 2.46. The van der Waals surface area contributed by atoms with Crippen molar-refractivity contribution in [1.29, 1.82) is 5.26 Å². The Labute approximate surface area is 222 Å². The van der Waals surface area contributed by atoms with Gasteiger partial charge in [-0.3, -0.25) is 9.59 Å². The number of nitrogens with zero attached hydrogens (tertiary/aromatic N) is 4. The lowest BCUT2D eigenvalue weighted by atomic mass is 9.79. The molecule has 2 bridgehead atoms. The first-order valence-corrected chi connectivity index (χ1v) is 13.6. The quantitative estimate of drug-likeness (QED) is 0.528. The van der Waals surface area contributed by atoms with Gasteiger partial charge in [0.25, 0.3) is 5.91 Å². The molecule has 2 unspecified atom stereocenters. The van der Waals surface area contributed by atoms with Crippen LogP contribution in [0.15, 0.2) is 36.7 Å². The van der Waals surface area contributed by atoms with Crippen molar-refractivity contribution >= 4 is 28.5 Å². The van der Waals surface area contributed by atoms with Gasteiger partial charge in [-0.25, -0.2) is 4.98 Å². The number of carbonyl (C=O) groups excluding carboxylic acids is 2. The summed E-state index contributed by atoms with van der Waals surface area (Å²) in [5.74, 6) is 1.98. The van der Waals surface area contributed by atoms with E-state index in [-0.39, 0.29) is 11.8 Å². The van der Waals surface area contributed by atoms with Gasteiger partial charge in [-0.15, -0.1) is 0 Å². The lowest BCUT2D eigenvalue weighted by molar-refractivity contribution is -0.137. The van der Waals surface area contributed by atoms with Crippen molar-refractivity contribution in [3.63, 3.8) is 0 Å². The zero-order chi connectivity index (χ0) is 26.4. The Bertz CT molecular complexity index is 1430. The van der Waals surface area contributed by atoms with Crippen molar-refractivity contribution in [2.75, 3.05) is 25.5 Å². The summed E-state index contributed by atoms with van der Waals surface area (Å²) in [5, 5.41) is 13.1. The number of fused-ring (bicyclic) bond motifs is 3. The van der Waals surface area contributed by atoms with Crippen LogP contribution in [0.2, 0.25) is 0 Å². The molecule has 1 aliphatic heterocycles. The molecule has 8 heteroatoms. The normalized spacial score (nSPS) is 23.0.